The molecule has 1 aliphatic rings. The summed E-state index contributed by atoms with van der Waals surface area (Å²) in [5.41, 5.74) is 2.72. The van der Waals surface area contributed by atoms with Gasteiger partial charge in [0.05, 0.1) is 6.61 Å². The molecule has 1 aromatic heterocycles. The normalized spacial score (nSPS) is 12.7. The molecule has 1 aromatic carbocycles. The van der Waals surface area contributed by atoms with Crippen LogP contribution in [0.2, 0.25) is 0 Å². The summed E-state index contributed by atoms with van der Waals surface area (Å²) in [6, 6.07) is 12.5. The van der Waals surface area contributed by atoms with Crippen molar-refractivity contribution in [1.82, 2.24) is 4.98 Å². The van der Waals surface area contributed by atoms with Gasteiger partial charge in [-0.3, -0.25) is 4.79 Å². The van der Waals surface area contributed by atoms with Crippen molar-refractivity contribution in [1.29, 1.82) is 0 Å². The van der Waals surface area contributed by atoms with Gasteiger partial charge >= 0.3 is 0 Å². The average molecular weight is 342 g/mol. The van der Waals surface area contributed by atoms with E-state index < -0.39 is 5.97 Å². The number of hydrogen-bond donors (Lipinski definition) is 2. The largest absolute Gasteiger partial charge is 0.493 e. The van der Waals surface area contributed by atoms with Crippen LogP contribution in [0.1, 0.15) is 43.2 Å². The maximum atomic E-state index is 9.00. The van der Waals surface area contributed by atoms with Gasteiger partial charge in [-0.05, 0) is 61.4 Å². The predicted octanol–water partition coefficient (Wildman–Crippen LogP) is 4.24. The Morgan fingerprint density at radius 2 is 2.08 bits per heavy atom. The van der Waals surface area contributed by atoms with Crippen LogP contribution < -0.4 is 10.1 Å². The molecule has 0 spiro atoms. The van der Waals surface area contributed by atoms with Gasteiger partial charge in [0.15, 0.2) is 0 Å². The zero-order valence-electron chi connectivity index (χ0n) is 14.9. The first-order valence-electron chi connectivity index (χ1n) is 8.64. The smallest absolute Gasteiger partial charge is 0.300 e. The van der Waals surface area contributed by atoms with Crippen molar-refractivity contribution in [3.8, 4) is 5.75 Å². The van der Waals surface area contributed by atoms with Gasteiger partial charge in [-0.25, -0.2) is 4.98 Å². The van der Waals surface area contributed by atoms with Crippen LogP contribution in [0.25, 0.3) is 0 Å². The SMILES string of the molecule is CC(=O)O.Cc1cc(C2CC2)ccc1OCCCNc1ccccn1. The summed E-state index contributed by atoms with van der Waals surface area (Å²) in [5, 5.41) is 10.7. The molecule has 1 fully saturated rings. The number of nitrogens with zero attached hydrogens (tertiary/aromatic N) is 1. The second kappa shape index (κ2) is 9.67. The number of nitrogens with one attached hydrogen (secondary N) is 1. The molecule has 0 radical (unpaired) electrons. The topological polar surface area (TPSA) is 71.5 Å². The molecule has 0 saturated heterocycles. The zero-order chi connectivity index (χ0) is 18.1. The summed E-state index contributed by atoms with van der Waals surface area (Å²) in [4.78, 5) is 13.2. The Labute approximate surface area is 149 Å². The van der Waals surface area contributed by atoms with E-state index in [0.717, 1.165) is 44.0 Å². The third kappa shape index (κ3) is 7.25. The van der Waals surface area contributed by atoms with E-state index in [1.54, 1.807) is 6.20 Å². The summed E-state index contributed by atoms with van der Waals surface area (Å²) in [6.07, 6.45) is 5.45. The fourth-order valence-corrected chi connectivity index (χ4v) is 2.44. The van der Waals surface area contributed by atoms with Crippen LogP contribution in [-0.2, 0) is 4.79 Å². The molecule has 2 N–H and O–H groups in total. The quantitative estimate of drug-likeness (QED) is 0.737. The number of hydrogen-bond acceptors (Lipinski definition) is 4. The van der Waals surface area contributed by atoms with Crippen LogP contribution in [0.15, 0.2) is 42.6 Å². The molecule has 5 heteroatoms. The third-order valence-corrected chi connectivity index (χ3v) is 3.80. The number of benzene rings is 1. The van der Waals surface area contributed by atoms with Crippen LogP contribution in [0, 0.1) is 6.92 Å². The van der Waals surface area contributed by atoms with Crippen LogP contribution in [-0.4, -0.2) is 29.2 Å². The molecule has 1 heterocycles. The molecule has 0 atom stereocenters. The van der Waals surface area contributed by atoms with E-state index in [1.165, 1.54) is 24.0 Å². The molecule has 0 unspecified atom stereocenters. The molecule has 0 aliphatic heterocycles. The van der Waals surface area contributed by atoms with E-state index in [0.29, 0.717) is 0 Å². The van der Waals surface area contributed by atoms with Crippen molar-refractivity contribution < 1.29 is 14.6 Å². The number of rotatable bonds is 7. The van der Waals surface area contributed by atoms with Crippen LogP contribution in [0.4, 0.5) is 5.82 Å². The van der Waals surface area contributed by atoms with Gasteiger partial charge in [-0.15, -0.1) is 0 Å². The van der Waals surface area contributed by atoms with Gasteiger partial charge in [0.25, 0.3) is 5.97 Å². The first kappa shape index (κ1) is 18.8. The highest BCUT2D eigenvalue weighted by Crippen LogP contribution is 2.41. The molecule has 1 aliphatic carbocycles. The number of aromatic nitrogens is 1. The molecule has 3 rings (SSSR count). The van der Waals surface area contributed by atoms with Crippen LogP contribution in [0.3, 0.4) is 0 Å². The van der Waals surface area contributed by atoms with E-state index in [-0.39, 0.29) is 0 Å². The lowest BCUT2D eigenvalue weighted by atomic mass is 10.1. The van der Waals surface area contributed by atoms with Crippen LogP contribution >= 0.6 is 0 Å². The molecule has 25 heavy (non-hydrogen) atoms. The van der Waals surface area contributed by atoms with E-state index in [4.69, 9.17) is 14.6 Å². The maximum Gasteiger partial charge on any atom is 0.300 e. The summed E-state index contributed by atoms with van der Waals surface area (Å²) >= 11 is 0. The summed E-state index contributed by atoms with van der Waals surface area (Å²) in [5.74, 6) is 1.90. The Balaban J connectivity index is 0.000000511. The fraction of sp³-hybridized carbons (Fsp3) is 0.400. The maximum absolute atomic E-state index is 9.00. The Morgan fingerprint density at radius 1 is 1.32 bits per heavy atom. The van der Waals surface area contributed by atoms with Crippen molar-refractivity contribution in [3.63, 3.8) is 0 Å². The van der Waals surface area contributed by atoms with Gasteiger partial charge in [-0.2, -0.15) is 0 Å². The third-order valence-electron chi connectivity index (χ3n) is 3.80. The summed E-state index contributed by atoms with van der Waals surface area (Å²) in [6.45, 7) is 4.81. The number of carbonyl (C=O) groups is 1. The molecule has 2 aromatic rings. The average Bonchev–Trinajstić information content (AvgIpc) is 3.41. The van der Waals surface area contributed by atoms with E-state index in [2.05, 4.69) is 35.4 Å². The minimum absolute atomic E-state index is 0.726. The molecule has 134 valence electrons. The van der Waals surface area contributed by atoms with Crippen molar-refractivity contribution in [3.05, 3.63) is 53.7 Å². The van der Waals surface area contributed by atoms with Crippen molar-refractivity contribution >= 4 is 11.8 Å². The number of pyridine rings is 1. The predicted molar refractivity (Wildman–Crippen MR) is 99.3 cm³/mol. The number of carboxylic acid groups (broad SMARTS) is 1. The lowest BCUT2D eigenvalue weighted by Crippen LogP contribution is -2.08. The van der Waals surface area contributed by atoms with Gasteiger partial charge < -0.3 is 15.2 Å². The second-order valence-electron chi connectivity index (χ2n) is 6.16. The molecule has 0 amide bonds. The lowest BCUT2D eigenvalue weighted by molar-refractivity contribution is -0.134. The number of ether oxygens (including phenoxy) is 1. The molecular formula is C20H26N2O3. The number of carboxylic acids is 1. The van der Waals surface area contributed by atoms with Crippen LogP contribution in [0.5, 0.6) is 5.75 Å². The fourth-order valence-electron chi connectivity index (χ4n) is 2.44. The van der Waals surface area contributed by atoms with E-state index >= 15 is 0 Å². The lowest BCUT2D eigenvalue weighted by Gasteiger charge is -2.11. The molecule has 0 bridgehead atoms. The first-order chi connectivity index (χ1) is 12.1. The molecule has 1 saturated carbocycles. The van der Waals surface area contributed by atoms with Gasteiger partial charge in [0.1, 0.15) is 11.6 Å². The van der Waals surface area contributed by atoms with Gasteiger partial charge in [0.2, 0.25) is 0 Å². The van der Waals surface area contributed by atoms with Gasteiger partial charge in [-0.1, -0.05) is 18.2 Å². The highest BCUT2D eigenvalue weighted by molar-refractivity contribution is 5.62. The monoisotopic (exact) mass is 342 g/mol. The van der Waals surface area contributed by atoms with E-state index in [9.17, 15) is 0 Å². The number of aliphatic carboxylic acids is 1. The Hall–Kier alpha value is -2.56. The molecular weight excluding hydrogens is 316 g/mol. The van der Waals surface area contributed by atoms with Gasteiger partial charge in [0, 0.05) is 19.7 Å². The molecule has 5 nitrogen and oxygen atoms in total. The van der Waals surface area contributed by atoms with Crippen molar-refractivity contribution in [2.75, 3.05) is 18.5 Å². The standard InChI is InChI=1S/C18H22N2O.C2H4O2/c1-14-13-16(15-6-7-15)8-9-17(14)21-12-4-11-20-18-5-2-3-10-19-18;1-2(3)4/h2-3,5,8-10,13,15H,4,6-7,11-12H2,1H3,(H,19,20);1H3,(H,3,4). The van der Waals surface area contributed by atoms with Crippen molar-refractivity contribution in [2.45, 2.75) is 39.0 Å². The summed E-state index contributed by atoms with van der Waals surface area (Å²) in [7, 11) is 0. The second-order valence-corrected chi connectivity index (χ2v) is 6.16. The highest BCUT2D eigenvalue weighted by Gasteiger charge is 2.23. The summed E-state index contributed by atoms with van der Waals surface area (Å²) < 4.78 is 5.87. The minimum Gasteiger partial charge on any atom is -0.493 e. The Kier molecular flexibility index (Phi) is 7.26. The van der Waals surface area contributed by atoms with Crippen molar-refractivity contribution in [2.24, 2.45) is 0 Å². The number of anilines is 1. The highest BCUT2D eigenvalue weighted by atomic mass is 16.5. The van der Waals surface area contributed by atoms with E-state index in [1.807, 2.05) is 18.2 Å². The zero-order valence-corrected chi connectivity index (χ0v) is 14.9. The number of aryl methyl sites for hydroxylation is 1. The Bertz CT molecular complexity index is 666. The minimum atomic E-state index is -0.833. The Morgan fingerprint density at radius 3 is 2.68 bits per heavy atom. The first-order valence-corrected chi connectivity index (χ1v) is 8.64.